The summed E-state index contributed by atoms with van der Waals surface area (Å²) in [4.78, 5) is 11.9. The van der Waals surface area contributed by atoms with Crippen molar-refractivity contribution < 1.29 is 4.79 Å². The van der Waals surface area contributed by atoms with Crippen LogP contribution in [0.4, 0.5) is 0 Å². The average molecular weight is 227 g/mol. The highest BCUT2D eigenvalue weighted by Crippen LogP contribution is 2.30. The van der Waals surface area contributed by atoms with Crippen molar-refractivity contribution in [3.05, 3.63) is 53.3 Å². The summed E-state index contributed by atoms with van der Waals surface area (Å²) in [5.41, 5.74) is 3.01. The Labute approximate surface area is 99.1 Å². The van der Waals surface area contributed by atoms with Gasteiger partial charge in [0, 0.05) is 6.20 Å². The summed E-state index contributed by atoms with van der Waals surface area (Å²) in [6.45, 7) is 0. The second-order valence-corrected chi connectivity index (χ2v) is 4.22. The Morgan fingerprint density at radius 3 is 3.06 bits per heavy atom. The lowest BCUT2D eigenvalue weighted by atomic mass is 10.1. The maximum absolute atomic E-state index is 11.9. The highest BCUT2D eigenvalue weighted by atomic mass is 16.2. The van der Waals surface area contributed by atoms with Crippen molar-refractivity contribution in [3.8, 4) is 0 Å². The standard InChI is InChI=1S/C13H13N3O/c17-13(12-7-8-14-16-12)15-11-6-5-9-3-1-2-4-10(9)11/h1-4,7-8,11H,5-6H2,(H,14,16)(H,15,17). The number of H-pyrrole nitrogens is 1. The fourth-order valence-corrected chi connectivity index (χ4v) is 2.33. The van der Waals surface area contributed by atoms with E-state index in [1.54, 1.807) is 12.3 Å². The predicted molar refractivity (Wildman–Crippen MR) is 63.6 cm³/mol. The lowest BCUT2D eigenvalue weighted by Gasteiger charge is -2.12. The number of aryl methyl sites for hydroxylation is 1. The molecule has 1 heterocycles. The van der Waals surface area contributed by atoms with Gasteiger partial charge in [0.1, 0.15) is 5.69 Å². The predicted octanol–water partition coefficient (Wildman–Crippen LogP) is 1.83. The van der Waals surface area contributed by atoms with Gasteiger partial charge in [-0.05, 0) is 30.0 Å². The molecule has 1 amide bonds. The van der Waals surface area contributed by atoms with E-state index >= 15 is 0 Å². The summed E-state index contributed by atoms with van der Waals surface area (Å²) >= 11 is 0. The number of fused-ring (bicyclic) bond motifs is 1. The van der Waals surface area contributed by atoms with E-state index in [1.807, 2.05) is 12.1 Å². The highest BCUT2D eigenvalue weighted by molar-refractivity contribution is 5.92. The third kappa shape index (κ3) is 1.82. The zero-order valence-corrected chi connectivity index (χ0v) is 9.31. The lowest BCUT2D eigenvalue weighted by Crippen LogP contribution is -2.27. The molecule has 2 aromatic rings. The van der Waals surface area contributed by atoms with Crippen molar-refractivity contribution >= 4 is 5.91 Å². The number of nitrogens with one attached hydrogen (secondary N) is 2. The first kappa shape index (κ1) is 10.1. The number of carbonyl (C=O) groups excluding carboxylic acids is 1. The van der Waals surface area contributed by atoms with E-state index in [9.17, 15) is 4.79 Å². The van der Waals surface area contributed by atoms with Crippen LogP contribution in [-0.2, 0) is 6.42 Å². The molecule has 0 saturated heterocycles. The van der Waals surface area contributed by atoms with Crippen LogP contribution in [0.15, 0.2) is 36.5 Å². The Hall–Kier alpha value is -2.10. The number of aromatic amines is 1. The molecule has 3 rings (SSSR count). The van der Waals surface area contributed by atoms with Gasteiger partial charge in [-0.25, -0.2) is 0 Å². The van der Waals surface area contributed by atoms with Gasteiger partial charge in [-0.15, -0.1) is 0 Å². The number of nitrogens with zero attached hydrogens (tertiary/aromatic N) is 1. The zero-order chi connectivity index (χ0) is 11.7. The molecule has 1 aromatic heterocycles. The van der Waals surface area contributed by atoms with Crippen molar-refractivity contribution in [2.75, 3.05) is 0 Å². The number of amides is 1. The molecule has 0 saturated carbocycles. The molecule has 86 valence electrons. The Balaban J connectivity index is 1.78. The van der Waals surface area contributed by atoms with Gasteiger partial charge in [-0.2, -0.15) is 5.10 Å². The van der Waals surface area contributed by atoms with Crippen LogP contribution in [-0.4, -0.2) is 16.1 Å². The molecule has 0 radical (unpaired) electrons. The molecule has 4 heteroatoms. The quantitative estimate of drug-likeness (QED) is 0.822. The first-order valence-corrected chi connectivity index (χ1v) is 5.73. The summed E-state index contributed by atoms with van der Waals surface area (Å²) in [6, 6.07) is 10.0. The Bertz CT molecular complexity index is 533. The number of benzene rings is 1. The summed E-state index contributed by atoms with van der Waals surface area (Å²) in [5.74, 6) is -0.118. The van der Waals surface area contributed by atoms with Crippen LogP contribution in [0.1, 0.15) is 34.1 Å². The van der Waals surface area contributed by atoms with E-state index in [0.717, 1.165) is 12.8 Å². The molecule has 4 nitrogen and oxygen atoms in total. The van der Waals surface area contributed by atoms with Crippen LogP contribution in [0.25, 0.3) is 0 Å². The van der Waals surface area contributed by atoms with Crippen molar-refractivity contribution in [2.24, 2.45) is 0 Å². The topological polar surface area (TPSA) is 57.8 Å². The van der Waals surface area contributed by atoms with Gasteiger partial charge < -0.3 is 5.32 Å². The van der Waals surface area contributed by atoms with Gasteiger partial charge in [-0.3, -0.25) is 9.89 Å². The molecule has 2 N–H and O–H groups in total. The summed E-state index contributed by atoms with van der Waals surface area (Å²) < 4.78 is 0. The second-order valence-electron chi connectivity index (χ2n) is 4.22. The first-order valence-electron chi connectivity index (χ1n) is 5.73. The summed E-state index contributed by atoms with van der Waals surface area (Å²) in [7, 11) is 0. The van der Waals surface area contributed by atoms with Crippen molar-refractivity contribution in [2.45, 2.75) is 18.9 Å². The van der Waals surface area contributed by atoms with E-state index in [0.29, 0.717) is 5.69 Å². The van der Waals surface area contributed by atoms with Crippen LogP contribution in [0.5, 0.6) is 0 Å². The molecule has 0 spiro atoms. The Morgan fingerprint density at radius 2 is 2.24 bits per heavy atom. The molecule has 1 aliphatic rings. The summed E-state index contributed by atoms with van der Waals surface area (Å²) in [5, 5.41) is 9.54. The number of rotatable bonds is 2. The lowest BCUT2D eigenvalue weighted by molar-refractivity contribution is 0.0931. The molecular weight excluding hydrogens is 214 g/mol. The van der Waals surface area contributed by atoms with Gasteiger partial charge in [0.15, 0.2) is 0 Å². The van der Waals surface area contributed by atoms with Gasteiger partial charge in [0.2, 0.25) is 0 Å². The minimum atomic E-state index is -0.118. The van der Waals surface area contributed by atoms with Crippen molar-refractivity contribution in [1.82, 2.24) is 15.5 Å². The summed E-state index contributed by atoms with van der Waals surface area (Å²) in [6.07, 6.45) is 3.65. The molecule has 1 aromatic carbocycles. The number of carbonyl (C=O) groups is 1. The van der Waals surface area contributed by atoms with Gasteiger partial charge in [0.05, 0.1) is 6.04 Å². The van der Waals surface area contributed by atoms with Crippen LogP contribution in [0.2, 0.25) is 0 Å². The van der Waals surface area contributed by atoms with Crippen molar-refractivity contribution in [3.63, 3.8) is 0 Å². The smallest absolute Gasteiger partial charge is 0.272 e. The van der Waals surface area contributed by atoms with Gasteiger partial charge in [-0.1, -0.05) is 24.3 Å². The minimum absolute atomic E-state index is 0.118. The third-order valence-electron chi connectivity index (χ3n) is 3.17. The minimum Gasteiger partial charge on any atom is -0.344 e. The molecule has 1 atom stereocenters. The second kappa shape index (κ2) is 4.05. The fourth-order valence-electron chi connectivity index (χ4n) is 2.33. The Kier molecular flexibility index (Phi) is 2.40. The van der Waals surface area contributed by atoms with Crippen LogP contribution in [0.3, 0.4) is 0 Å². The molecular formula is C13H13N3O. The maximum atomic E-state index is 11.9. The largest absolute Gasteiger partial charge is 0.344 e. The van der Waals surface area contributed by atoms with E-state index in [1.165, 1.54) is 11.1 Å². The van der Waals surface area contributed by atoms with E-state index in [-0.39, 0.29) is 11.9 Å². The van der Waals surface area contributed by atoms with Gasteiger partial charge >= 0.3 is 0 Å². The highest BCUT2D eigenvalue weighted by Gasteiger charge is 2.24. The normalized spacial score (nSPS) is 17.8. The third-order valence-corrected chi connectivity index (χ3v) is 3.17. The van der Waals surface area contributed by atoms with E-state index < -0.39 is 0 Å². The Morgan fingerprint density at radius 1 is 1.35 bits per heavy atom. The number of hydrogen-bond acceptors (Lipinski definition) is 2. The molecule has 0 aliphatic heterocycles. The van der Waals surface area contributed by atoms with E-state index in [2.05, 4.69) is 27.6 Å². The number of aromatic nitrogens is 2. The first-order chi connectivity index (χ1) is 8.34. The monoisotopic (exact) mass is 227 g/mol. The number of hydrogen-bond donors (Lipinski definition) is 2. The van der Waals surface area contributed by atoms with Crippen LogP contribution < -0.4 is 5.32 Å². The molecule has 0 bridgehead atoms. The fraction of sp³-hybridized carbons (Fsp3) is 0.231. The average Bonchev–Trinajstić information content (AvgIpc) is 2.98. The van der Waals surface area contributed by atoms with Crippen molar-refractivity contribution in [1.29, 1.82) is 0 Å². The van der Waals surface area contributed by atoms with E-state index in [4.69, 9.17) is 0 Å². The zero-order valence-electron chi connectivity index (χ0n) is 9.31. The maximum Gasteiger partial charge on any atom is 0.272 e. The van der Waals surface area contributed by atoms with Crippen LogP contribution >= 0.6 is 0 Å². The van der Waals surface area contributed by atoms with Gasteiger partial charge in [0.25, 0.3) is 5.91 Å². The molecule has 1 aliphatic carbocycles. The van der Waals surface area contributed by atoms with Crippen LogP contribution in [0, 0.1) is 0 Å². The molecule has 17 heavy (non-hydrogen) atoms. The SMILES string of the molecule is O=C(NC1CCc2ccccc21)c1cc[nH]n1. The molecule has 0 fully saturated rings. The molecule has 1 unspecified atom stereocenters.